The van der Waals surface area contributed by atoms with Gasteiger partial charge in [0, 0.05) is 6.54 Å². The Kier molecular flexibility index (Phi) is 4.54. The highest BCUT2D eigenvalue weighted by atomic mass is 32.1. The molecule has 2 fully saturated rings. The molecule has 0 spiro atoms. The van der Waals surface area contributed by atoms with Crippen LogP contribution < -0.4 is 5.73 Å². The third-order valence-electron chi connectivity index (χ3n) is 6.15. The maximum Gasteiger partial charge on any atom is 0.274 e. The van der Waals surface area contributed by atoms with Crippen LogP contribution in [-0.4, -0.2) is 34.3 Å². The van der Waals surface area contributed by atoms with Gasteiger partial charge in [-0.25, -0.2) is 4.98 Å². The average Bonchev–Trinajstić information content (AvgIpc) is 3.29. The average molecular weight is 384 g/mol. The first-order valence-electron chi connectivity index (χ1n) is 9.52. The zero-order chi connectivity index (χ0) is 19.3. The smallest absolute Gasteiger partial charge is 0.274 e. The number of nitrogens with zero attached hydrogens (tertiary/aromatic N) is 2. The highest BCUT2D eigenvalue weighted by molar-refractivity contribution is 7.15. The molecule has 3 atom stereocenters. The van der Waals surface area contributed by atoms with Crippen molar-refractivity contribution >= 4 is 23.2 Å². The van der Waals surface area contributed by atoms with E-state index in [1.165, 1.54) is 22.5 Å². The summed E-state index contributed by atoms with van der Waals surface area (Å²) in [7, 11) is 0. The number of carbonyl (C=O) groups excluding carboxylic acids is 2. The highest BCUT2D eigenvalue weighted by Gasteiger charge is 2.49. The number of benzene rings is 1. The van der Waals surface area contributed by atoms with E-state index in [2.05, 4.69) is 31.0 Å². The number of amides is 2. The SMILES string of the molecule is Cc1nc(C(=O)N2C[C@@H]3CCC[C@@H]3[C@H]2C(N)=O)c(-c2ccc(C)c(C)c2)s1. The standard InChI is InChI=1S/C21H25N3O2S/c1-11-7-8-14(9-12(11)2)19-17(23-13(3)27-19)21(26)24-10-15-5-4-6-16(15)18(24)20(22)25/h7-9,15-16,18H,4-6,10H2,1-3H3,(H2,22,25)/t15-,16-,18-/m0/s1. The van der Waals surface area contributed by atoms with Crippen molar-refractivity contribution in [1.82, 2.24) is 9.88 Å². The minimum Gasteiger partial charge on any atom is -0.368 e. The number of thiazole rings is 1. The zero-order valence-corrected chi connectivity index (χ0v) is 16.8. The summed E-state index contributed by atoms with van der Waals surface area (Å²) in [6.07, 6.45) is 3.16. The largest absolute Gasteiger partial charge is 0.368 e. The number of aromatic nitrogens is 1. The first-order chi connectivity index (χ1) is 12.9. The van der Waals surface area contributed by atoms with Gasteiger partial charge >= 0.3 is 0 Å². The fraction of sp³-hybridized carbons (Fsp3) is 0.476. The molecule has 2 heterocycles. The topological polar surface area (TPSA) is 76.3 Å². The second-order valence-electron chi connectivity index (χ2n) is 7.87. The maximum atomic E-state index is 13.4. The molecule has 2 N–H and O–H groups in total. The molecule has 1 aliphatic carbocycles. The number of nitrogens with two attached hydrogens (primary N) is 1. The minimum atomic E-state index is -0.500. The van der Waals surface area contributed by atoms with Crippen LogP contribution in [0.1, 0.15) is 45.9 Å². The lowest BCUT2D eigenvalue weighted by molar-refractivity contribution is -0.122. The van der Waals surface area contributed by atoms with Gasteiger partial charge in [0.15, 0.2) is 0 Å². The Balaban J connectivity index is 1.72. The van der Waals surface area contributed by atoms with Crippen molar-refractivity contribution in [3.8, 4) is 10.4 Å². The lowest BCUT2D eigenvalue weighted by atomic mass is 9.93. The van der Waals surface area contributed by atoms with Gasteiger partial charge in [0.2, 0.25) is 5.91 Å². The van der Waals surface area contributed by atoms with E-state index in [1.807, 2.05) is 13.0 Å². The predicted molar refractivity (Wildman–Crippen MR) is 107 cm³/mol. The van der Waals surface area contributed by atoms with Crippen LogP contribution in [-0.2, 0) is 4.79 Å². The Hall–Kier alpha value is -2.21. The summed E-state index contributed by atoms with van der Waals surface area (Å²) in [5, 5.41) is 0.849. The van der Waals surface area contributed by atoms with E-state index in [-0.39, 0.29) is 11.8 Å². The molecule has 1 aromatic heterocycles. The molecule has 2 aromatic rings. The molecular formula is C21H25N3O2S. The summed E-state index contributed by atoms with van der Waals surface area (Å²) in [5.41, 5.74) is 9.55. The fourth-order valence-electron chi connectivity index (χ4n) is 4.67. The number of aryl methyl sites for hydroxylation is 3. The second-order valence-corrected chi connectivity index (χ2v) is 9.07. The Morgan fingerprint density at radius 1 is 1.19 bits per heavy atom. The molecule has 1 aliphatic heterocycles. The monoisotopic (exact) mass is 383 g/mol. The van der Waals surface area contributed by atoms with Gasteiger partial charge in [0.25, 0.3) is 5.91 Å². The lowest BCUT2D eigenvalue weighted by Gasteiger charge is -2.25. The molecule has 27 heavy (non-hydrogen) atoms. The van der Waals surface area contributed by atoms with E-state index in [9.17, 15) is 9.59 Å². The molecule has 4 rings (SSSR count). The summed E-state index contributed by atoms with van der Waals surface area (Å²) in [5.74, 6) is 0.0377. The van der Waals surface area contributed by atoms with Crippen LogP contribution in [0.5, 0.6) is 0 Å². The summed E-state index contributed by atoms with van der Waals surface area (Å²) in [6, 6.07) is 5.71. The molecule has 1 saturated carbocycles. The normalized spacial score (nSPS) is 24.3. The zero-order valence-electron chi connectivity index (χ0n) is 16.0. The van der Waals surface area contributed by atoms with Gasteiger partial charge in [0.1, 0.15) is 11.7 Å². The van der Waals surface area contributed by atoms with Crippen molar-refractivity contribution in [2.75, 3.05) is 6.54 Å². The molecule has 5 nitrogen and oxygen atoms in total. The van der Waals surface area contributed by atoms with Crippen molar-refractivity contribution < 1.29 is 9.59 Å². The van der Waals surface area contributed by atoms with Crippen molar-refractivity contribution in [2.45, 2.75) is 46.1 Å². The van der Waals surface area contributed by atoms with Crippen LogP contribution in [0.15, 0.2) is 18.2 Å². The van der Waals surface area contributed by atoms with E-state index >= 15 is 0 Å². The summed E-state index contributed by atoms with van der Waals surface area (Å²) >= 11 is 1.53. The fourth-order valence-corrected chi connectivity index (χ4v) is 5.57. The third-order valence-corrected chi connectivity index (χ3v) is 7.17. The van der Waals surface area contributed by atoms with Gasteiger partial charge in [-0.15, -0.1) is 11.3 Å². The van der Waals surface area contributed by atoms with Crippen molar-refractivity contribution in [2.24, 2.45) is 17.6 Å². The molecule has 0 radical (unpaired) electrons. The second kappa shape index (κ2) is 6.75. The number of likely N-dealkylation sites (tertiary alicyclic amines) is 1. The van der Waals surface area contributed by atoms with Crippen LogP contribution in [0.3, 0.4) is 0 Å². The predicted octanol–water partition coefficient (Wildman–Crippen LogP) is 3.46. The molecule has 0 bridgehead atoms. The molecular weight excluding hydrogens is 358 g/mol. The molecule has 6 heteroatoms. The number of hydrogen-bond acceptors (Lipinski definition) is 4. The lowest BCUT2D eigenvalue weighted by Crippen LogP contribution is -2.46. The first kappa shape index (κ1) is 18.2. The van der Waals surface area contributed by atoms with Gasteiger partial charge in [-0.05, 0) is 62.1 Å². The summed E-state index contributed by atoms with van der Waals surface area (Å²) in [6.45, 7) is 6.67. The Bertz CT molecular complexity index is 920. The van der Waals surface area contributed by atoms with Gasteiger partial charge in [-0.3, -0.25) is 9.59 Å². The van der Waals surface area contributed by atoms with Crippen LogP contribution >= 0.6 is 11.3 Å². The summed E-state index contributed by atoms with van der Waals surface area (Å²) < 4.78 is 0. The third kappa shape index (κ3) is 3.06. The number of rotatable bonds is 3. The van der Waals surface area contributed by atoms with Gasteiger partial charge < -0.3 is 10.6 Å². The van der Waals surface area contributed by atoms with Crippen molar-refractivity contribution in [3.05, 3.63) is 40.0 Å². The number of hydrogen-bond donors (Lipinski definition) is 1. The molecule has 142 valence electrons. The summed E-state index contributed by atoms with van der Waals surface area (Å²) in [4.78, 5) is 32.7. The van der Waals surface area contributed by atoms with Crippen LogP contribution in [0.4, 0.5) is 0 Å². The molecule has 1 aromatic carbocycles. The Morgan fingerprint density at radius 3 is 2.67 bits per heavy atom. The van der Waals surface area contributed by atoms with Crippen LogP contribution in [0.25, 0.3) is 10.4 Å². The molecule has 1 saturated heterocycles. The number of fused-ring (bicyclic) bond motifs is 1. The van der Waals surface area contributed by atoms with Crippen LogP contribution in [0.2, 0.25) is 0 Å². The van der Waals surface area contributed by atoms with Gasteiger partial charge in [-0.1, -0.05) is 24.6 Å². The van der Waals surface area contributed by atoms with Gasteiger partial charge in [0.05, 0.1) is 9.88 Å². The van der Waals surface area contributed by atoms with E-state index in [1.54, 1.807) is 4.90 Å². The Labute approximate surface area is 163 Å². The minimum absolute atomic E-state index is 0.161. The number of carbonyl (C=O) groups is 2. The van der Waals surface area contributed by atoms with Crippen LogP contribution in [0, 0.1) is 32.6 Å². The highest BCUT2D eigenvalue weighted by Crippen LogP contribution is 2.43. The molecule has 2 amide bonds. The van der Waals surface area contributed by atoms with Crippen molar-refractivity contribution in [3.63, 3.8) is 0 Å². The maximum absolute atomic E-state index is 13.4. The quantitative estimate of drug-likeness (QED) is 0.882. The van der Waals surface area contributed by atoms with E-state index < -0.39 is 11.9 Å². The Morgan fingerprint density at radius 2 is 1.96 bits per heavy atom. The molecule has 2 aliphatic rings. The molecule has 0 unspecified atom stereocenters. The van der Waals surface area contributed by atoms with E-state index in [0.29, 0.717) is 18.2 Å². The number of primary amides is 1. The van der Waals surface area contributed by atoms with E-state index in [0.717, 1.165) is 34.7 Å². The first-order valence-corrected chi connectivity index (χ1v) is 10.3. The van der Waals surface area contributed by atoms with Crippen molar-refractivity contribution in [1.29, 1.82) is 0 Å². The van der Waals surface area contributed by atoms with E-state index in [4.69, 9.17) is 5.73 Å². The van der Waals surface area contributed by atoms with Gasteiger partial charge in [-0.2, -0.15) is 0 Å².